The minimum absolute atomic E-state index is 0. The molecule has 4 aliphatic rings. The highest BCUT2D eigenvalue weighted by atomic mass is 32.1. The van der Waals surface area contributed by atoms with Crippen molar-refractivity contribution in [1.82, 2.24) is 40.8 Å². The molecular formula is C87H112F8N10O13S2. The van der Waals surface area contributed by atoms with Gasteiger partial charge >= 0.3 is 30.3 Å². The van der Waals surface area contributed by atoms with Crippen molar-refractivity contribution in [3.05, 3.63) is 129 Å². The van der Waals surface area contributed by atoms with E-state index in [1.807, 2.05) is 71.2 Å². The van der Waals surface area contributed by atoms with Gasteiger partial charge in [0, 0.05) is 75.6 Å². The van der Waals surface area contributed by atoms with Crippen LogP contribution in [0.15, 0.2) is 83.6 Å². The number of hydrogen-bond donors (Lipinski definition) is 6. The van der Waals surface area contributed by atoms with Crippen molar-refractivity contribution < 1.29 is 97.4 Å². The lowest BCUT2D eigenvalue weighted by molar-refractivity contribution is -0.148. The zero-order valence-corrected chi connectivity index (χ0v) is 70.1. The maximum Gasteiger partial charge on any atom is 0.416 e. The molecule has 0 spiro atoms. The first-order valence-corrected chi connectivity index (χ1v) is 40.2. The van der Waals surface area contributed by atoms with Crippen LogP contribution in [0.2, 0.25) is 0 Å². The van der Waals surface area contributed by atoms with Gasteiger partial charge in [0.15, 0.2) is 0 Å². The third-order valence-corrected chi connectivity index (χ3v) is 23.3. The summed E-state index contributed by atoms with van der Waals surface area (Å²) in [5.41, 5.74) is -0.418. The number of alkyl halides is 6. The molecule has 4 fully saturated rings. The molecule has 0 unspecified atom stereocenters. The topological polar surface area (TPSA) is 293 Å². The molecule has 0 radical (unpaired) electrons. The average molecular weight is 1720 g/mol. The van der Waals surface area contributed by atoms with Crippen molar-refractivity contribution in [3.63, 3.8) is 0 Å². The van der Waals surface area contributed by atoms with Crippen LogP contribution in [-0.2, 0) is 50.6 Å². The number of aliphatic carboxylic acids is 1. The molecule has 33 heteroatoms. The molecule has 2 saturated carbocycles. The number of carboxylic acids is 1. The SMILES string of the molecule is C.C.C.CC(C)(C)[C@H](Nc1cc(F)cc(C(F)(F)F)c1)C(=O)O.CC[C@@H]1C[C@]1(NC(=O)[C@@H]1C[C@@H](Oc2cc(-c3nc(C(C)C)cs3)nc3c(C)c(OC)ccc23)CN1)C(=O)OC.CC[C@@H]1C[C@]1(NC(=O)[C@@H]1C[C@@H](Oc2cc(-c3nc(C(C)C)cs3)nc3c(C)c(OC)ccc23)CN1C(=O)[C@@H](Nc1cc(F)cc(C(F)(F)F)c1)C(C)(C)C)C(=O)OC. The normalized spacial score (nSPS) is 20.4. The first-order chi connectivity index (χ1) is 54.8. The Morgan fingerprint density at radius 2 is 0.992 bits per heavy atom. The Labute approximate surface area is 703 Å². The molecule has 12 rings (SSSR count). The largest absolute Gasteiger partial charge is 0.496 e. The van der Waals surface area contributed by atoms with Gasteiger partial charge in [0.05, 0.1) is 74.6 Å². The molecule has 10 atom stereocenters. The number of pyridine rings is 2. The van der Waals surface area contributed by atoms with Crippen LogP contribution in [0, 0.1) is 48.1 Å². The second-order valence-electron chi connectivity index (χ2n) is 32.7. The maximum absolute atomic E-state index is 14.8. The molecule has 0 bridgehead atoms. The lowest BCUT2D eigenvalue weighted by Crippen LogP contribution is -2.57. The van der Waals surface area contributed by atoms with Gasteiger partial charge in [-0.1, -0.05) is 118 Å². The molecule has 6 N–H and O–H groups in total. The number of nitrogens with zero attached hydrogens (tertiary/aromatic N) is 5. The summed E-state index contributed by atoms with van der Waals surface area (Å²) in [6.45, 7) is 26.5. The molecule has 4 aromatic carbocycles. The van der Waals surface area contributed by atoms with Gasteiger partial charge < -0.3 is 65.0 Å². The van der Waals surface area contributed by atoms with Crippen LogP contribution < -0.4 is 45.5 Å². The number of carbonyl (C=O) groups is 6. The number of benzene rings is 4. The first-order valence-electron chi connectivity index (χ1n) is 38.4. The number of fused-ring (bicyclic) bond motifs is 2. The van der Waals surface area contributed by atoms with E-state index in [9.17, 15) is 63.9 Å². The summed E-state index contributed by atoms with van der Waals surface area (Å²) in [5, 5.41) is 30.6. The van der Waals surface area contributed by atoms with Gasteiger partial charge in [-0.15, -0.1) is 22.7 Å². The third kappa shape index (κ3) is 21.6. The number of hydrogen-bond acceptors (Lipinski definition) is 21. The van der Waals surface area contributed by atoms with E-state index in [4.69, 9.17) is 53.5 Å². The molecule has 8 aromatic rings. The van der Waals surface area contributed by atoms with E-state index in [1.165, 1.54) is 30.5 Å². The van der Waals surface area contributed by atoms with Gasteiger partial charge in [0.25, 0.3) is 0 Å². The highest BCUT2D eigenvalue weighted by Gasteiger charge is 2.63. The van der Waals surface area contributed by atoms with Gasteiger partial charge in [-0.25, -0.2) is 43.1 Å². The Kier molecular flexibility index (Phi) is 31.0. The maximum atomic E-state index is 14.8. The predicted octanol–water partition coefficient (Wildman–Crippen LogP) is 18.3. The van der Waals surface area contributed by atoms with Gasteiger partial charge in [0.2, 0.25) is 17.7 Å². The summed E-state index contributed by atoms with van der Waals surface area (Å²) in [6, 6.07) is 11.1. The highest BCUT2D eigenvalue weighted by Crippen LogP contribution is 2.49. The molecule has 120 heavy (non-hydrogen) atoms. The molecule has 2 aliphatic carbocycles. The number of aryl methyl sites for hydroxylation is 2. The highest BCUT2D eigenvalue weighted by molar-refractivity contribution is 7.13. The molecule has 2 saturated heterocycles. The number of esters is 2. The van der Waals surface area contributed by atoms with Gasteiger partial charge in [-0.2, -0.15) is 26.3 Å². The zero-order valence-electron chi connectivity index (χ0n) is 68.4. The van der Waals surface area contributed by atoms with E-state index >= 15 is 0 Å². The number of carboxylic acid groups (broad SMARTS) is 1. The molecule has 6 heterocycles. The summed E-state index contributed by atoms with van der Waals surface area (Å²) < 4.78 is 141. The number of thiazole rings is 2. The number of methoxy groups -OCH3 is 4. The second-order valence-corrected chi connectivity index (χ2v) is 34.4. The fourth-order valence-corrected chi connectivity index (χ4v) is 16.6. The number of anilines is 2. The minimum atomic E-state index is -4.84. The van der Waals surface area contributed by atoms with Crippen molar-refractivity contribution in [2.24, 2.45) is 22.7 Å². The summed E-state index contributed by atoms with van der Waals surface area (Å²) in [7, 11) is 5.82. The van der Waals surface area contributed by atoms with E-state index in [0.717, 1.165) is 74.5 Å². The minimum Gasteiger partial charge on any atom is -0.496 e. The van der Waals surface area contributed by atoms with Crippen LogP contribution in [0.25, 0.3) is 43.2 Å². The third-order valence-electron chi connectivity index (χ3n) is 21.5. The standard InChI is InChI=1S/C42H49F4N5O6S.C29H36N4O5S.C13H15F4NO2.3CH4/c1-10-23-18-41(23,39(54)56-9)50-36(52)31-16-27(19-51(31)38(53)35(40(5,6)7)47-26-14-24(42(44,45)46)13-25(43)15-26)57-33-17-29(37-49-30(20-58-37)21(2)3)48-34-22(4)32(55-8)12-11-28(33)34;1-7-17-12-29(17,28(35)37-6)33-26(34)20-10-18(13-30-20)38-24-11-21(27-32-22(14-39-27)15(2)3)31-25-16(4)23(36-5)9-8-19(24)25;1-12(2,3)10(11(19)20)18-9-5-7(13(15,16)17)4-8(14)6-9;;;/h11-15,17,20-21,23,27,31,35,47H,10,16,18-19H2,1-9H3,(H,50,52);8-9,11,14-15,17-18,20,30H,7,10,12-13H2,1-6H3,(H,33,34);4-6,10,18H,1-3H3,(H,19,20);3*1H4/t23-,27-,31+,35-,41-;17-,18-,20+,29-;10-;;;/m111.../s1. The Morgan fingerprint density at radius 1 is 0.575 bits per heavy atom. The molecule has 656 valence electrons. The summed E-state index contributed by atoms with van der Waals surface area (Å²) in [5.74, 6) is -2.93. The molecule has 23 nitrogen and oxygen atoms in total. The summed E-state index contributed by atoms with van der Waals surface area (Å²) in [6.07, 6.45) is -7.70. The van der Waals surface area contributed by atoms with Crippen LogP contribution >= 0.6 is 22.7 Å². The Balaban J connectivity index is 0.000000275. The number of amides is 3. The van der Waals surface area contributed by atoms with Crippen molar-refractivity contribution >= 4 is 91.5 Å². The van der Waals surface area contributed by atoms with Crippen LogP contribution in [0.1, 0.15) is 189 Å². The number of halogens is 8. The van der Waals surface area contributed by atoms with Crippen LogP contribution in [-0.4, -0.2) is 155 Å². The Hall–Kier alpha value is -10.0. The van der Waals surface area contributed by atoms with Crippen LogP contribution in [0.5, 0.6) is 23.0 Å². The predicted molar refractivity (Wildman–Crippen MR) is 449 cm³/mol. The monoisotopic (exact) mass is 1720 g/mol. The fourth-order valence-electron chi connectivity index (χ4n) is 14.7. The molecular weight excluding hydrogens is 1610 g/mol. The van der Waals surface area contributed by atoms with Crippen molar-refractivity contribution in [2.75, 3.05) is 52.2 Å². The first kappa shape index (κ1) is 97.1. The molecule has 2 aliphatic heterocycles. The number of ether oxygens (including phenoxy) is 6. The lowest BCUT2D eigenvalue weighted by atomic mass is 9.85. The summed E-state index contributed by atoms with van der Waals surface area (Å²) in [4.78, 5) is 99.7. The summed E-state index contributed by atoms with van der Waals surface area (Å²) >= 11 is 3.01. The molecule has 4 aromatic heterocycles. The van der Waals surface area contributed by atoms with Gasteiger partial charge in [-0.3, -0.25) is 14.4 Å². The fraction of sp³-hybridized carbons (Fsp3) is 0.517. The van der Waals surface area contributed by atoms with E-state index in [2.05, 4.69) is 45.8 Å². The van der Waals surface area contributed by atoms with Crippen molar-refractivity contribution in [1.29, 1.82) is 0 Å². The van der Waals surface area contributed by atoms with E-state index < -0.39 is 111 Å². The number of nitrogens with one attached hydrogen (secondary N) is 5. The average Bonchev–Trinajstić information content (AvgIpc) is 1.59. The lowest BCUT2D eigenvalue weighted by Gasteiger charge is -2.36. The second kappa shape index (κ2) is 38.4. The van der Waals surface area contributed by atoms with Crippen LogP contribution in [0.4, 0.5) is 46.5 Å². The van der Waals surface area contributed by atoms with Crippen LogP contribution in [0.3, 0.4) is 0 Å². The van der Waals surface area contributed by atoms with E-state index in [-0.39, 0.29) is 82.4 Å². The Morgan fingerprint density at radius 3 is 1.36 bits per heavy atom. The van der Waals surface area contributed by atoms with Crippen molar-refractivity contribution in [3.8, 4) is 44.4 Å². The molecule has 3 amide bonds. The smallest absolute Gasteiger partial charge is 0.416 e. The van der Waals surface area contributed by atoms with Gasteiger partial charge in [-0.05, 0) is 122 Å². The quantitative estimate of drug-likeness (QED) is 0.0242. The van der Waals surface area contributed by atoms with E-state index in [0.29, 0.717) is 95.2 Å². The number of aromatic nitrogens is 4. The van der Waals surface area contributed by atoms with Gasteiger partial charge in [0.1, 0.15) is 97.4 Å². The Bertz CT molecular complexity index is 5030. The van der Waals surface area contributed by atoms with E-state index in [1.54, 1.807) is 79.2 Å². The number of carbonyl (C=O) groups excluding carboxylic acids is 5. The number of likely N-dealkylation sites (tertiary alicyclic amines) is 1. The number of rotatable bonds is 24. The van der Waals surface area contributed by atoms with Crippen molar-refractivity contribution in [2.45, 2.75) is 229 Å². The zero-order chi connectivity index (χ0) is 86.1.